The van der Waals surface area contributed by atoms with Crippen LogP contribution in [-0.4, -0.2) is 37.8 Å². The molecule has 2 aromatic carbocycles. The quantitative estimate of drug-likeness (QED) is 0.523. The van der Waals surface area contributed by atoms with Crippen molar-refractivity contribution in [1.82, 2.24) is 0 Å². The fourth-order valence-electron chi connectivity index (χ4n) is 2.48. The van der Waals surface area contributed by atoms with Crippen molar-refractivity contribution in [3.05, 3.63) is 59.2 Å². The Morgan fingerprint density at radius 1 is 1.04 bits per heavy atom. The smallest absolute Gasteiger partial charge is 0.347 e. The lowest BCUT2D eigenvalue weighted by molar-refractivity contribution is -0.152. The Balaban J connectivity index is 1.91. The molecular weight excluding hydrogens is 358 g/mol. The van der Waals surface area contributed by atoms with Crippen LogP contribution in [0.3, 0.4) is 0 Å². The van der Waals surface area contributed by atoms with Gasteiger partial charge in [0, 0.05) is 17.9 Å². The lowest BCUT2D eigenvalue weighted by Gasteiger charge is -2.14. The molecule has 0 saturated heterocycles. The molecule has 0 aliphatic heterocycles. The molecule has 0 radical (unpaired) electrons. The van der Waals surface area contributed by atoms with Gasteiger partial charge in [-0.25, -0.2) is 4.79 Å². The Bertz CT molecular complexity index is 801. The van der Waals surface area contributed by atoms with E-state index in [0.717, 1.165) is 16.8 Å². The number of esters is 1. The van der Waals surface area contributed by atoms with Crippen LogP contribution in [0.4, 0.5) is 5.69 Å². The molecule has 2 aromatic rings. The molecule has 6 heteroatoms. The van der Waals surface area contributed by atoms with Gasteiger partial charge in [-0.05, 0) is 69.2 Å². The SMILES string of the molecule is CCOCCOC(=O)[C@H](C)Oc1ccc(C(=O)Nc2cccc(C)c2C)cc1. The molecule has 150 valence electrons. The van der Waals surface area contributed by atoms with Crippen LogP contribution in [0.5, 0.6) is 5.75 Å². The average molecular weight is 385 g/mol. The van der Waals surface area contributed by atoms with Crippen molar-refractivity contribution < 1.29 is 23.8 Å². The highest BCUT2D eigenvalue weighted by atomic mass is 16.6. The number of nitrogens with one attached hydrogen (secondary N) is 1. The normalized spacial score (nSPS) is 11.6. The number of ether oxygens (including phenoxy) is 3. The molecule has 2 rings (SSSR count). The standard InChI is InChI=1S/C22H27NO5/c1-5-26-13-14-27-22(25)17(4)28-19-11-9-18(10-12-19)21(24)23-20-8-6-7-15(2)16(20)3/h6-12,17H,5,13-14H2,1-4H3,(H,23,24)/t17-/m0/s1. The first-order valence-electron chi connectivity index (χ1n) is 9.31. The van der Waals surface area contributed by atoms with Crippen LogP contribution in [0.15, 0.2) is 42.5 Å². The topological polar surface area (TPSA) is 73.9 Å². The maximum atomic E-state index is 12.5. The maximum Gasteiger partial charge on any atom is 0.347 e. The summed E-state index contributed by atoms with van der Waals surface area (Å²) < 4.78 is 15.8. The number of carbonyl (C=O) groups is 2. The molecule has 0 aliphatic rings. The zero-order valence-electron chi connectivity index (χ0n) is 16.8. The van der Waals surface area contributed by atoms with Crippen molar-refractivity contribution in [3.63, 3.8) is 0 Å². The van der Waals surface area contributed by atoms with Crippen molar-refractivity contribution in [2.45, 2.75) is 33.8 Å². The van der Waals surface area contributed by atoms with Crippen molar-refractivity contribution >= 4 is 17.6 Å². The summed E-state index contributed by atoms with van der Waals surface area (Å²) in [5, 5.41) is 2.91. The molecule has 0 aromatic heterocycles. The maximum absolute atomic E-state index is 12.5. The summed E-state index contributed by atoms with van der Waals surface area (Å²) in [7, 11) is 0. The number of rotatable bonds is 9. The third-order valence-electron chi connectivity index (χ3n) is 4.29. The van der Waals surface area contributed by atoms with Gasteiger partial charge in [-0.1, -0.05) is 12.1 Å². The van der Waals surface area contributed by atoms with Gasteiger partial charge in [-0.15, -0.1) is 0 Å². The molecule has 1 amide bonds. The van der Waals surface area contributed by atoms with Gasteiger partial charge < -0.3 is 19.5 Å². The number of aryl methyl sites for hydroxylation is 1. The van der Waals surface area contributed by atoms with Gasteiger partial charge >= 0.3 is 5.97 Å². The second-order valence-electron chi connectivity index (χ2n) is 6.35. The van der Waals surface area contributed by atoms with Crippen LogP contribution in [0.1, 0.15) is 35.3 Å². The molecule has 1 atom stereocenters. The summed E-state index contributed by atoms with van der Waals surface area (Å²) in [6.45, 7) is 8.59. The van der Waals surface area contributed by atoms with Crippen LogP contribution < -0.4 is 10.1 Å². The van der Waals surface area contributed by atoms with Gasteiger partial charge in [0.25, 0.3) is 5.91 Å². The van der Waals surface area contributed by atoms with Gasteiger partial charge in [0.1, 0.15) is 12.4 Å². The monoisotopic (exact) mass is 385 g/mol. The summed E-state index contributed by atoms with van der Waals surface area (Å²) in [6.07, 6.45) is -0.753. The van der Waals surface area contributed by atoms with Gasteiger partial charge in [-0.3, -0.25) is 4.79 Å². The zero-order valence-corrected chi connectivity index (χ0v) is 16.8. The fourth-order valence-corrected chi connectivity index (χ4v) is 2.48. The number of hydrogen-bond donors (Lipinski definition) is 1. The third kappa shape index (κ3) is 6.09. The summed E-state index contributed by atoms with van der Waals surface area (Å²) in [4.78, 5) is 24.3. The molecule has 0 spiro atoms. The summed E-state index contributed by atoms with van der Waals surface area (Å²) in [6, 6.07) is 12.4. The molecule has 0 aliphatic carbocycles. The number of benzene rings is 2. The second kappa shape index (κ2) is 10.5. The van der Waals surface area contributed by atoms with E-state index in [1.165, 1.54) is 0 Å². The number of carbonyl (C=O) groups excluding carboxylic acids is 2. The molecule has 0 heterocycles. The second-order valence-corrected chi connectivity index (χ2v) is 6.35. The molecule has 6 nitrogen and oxygen atoms in total. The predicted molar refractivity (Wildman–Crippen MR) is 108 cm³/mol. The Labute approximate surface area is 165 Å². The van der Waals surface area contributed by atoms with Crippen molar-refractivity contribution in [3.8, 4) is 5.75 Å². The highest BCUT2D eigenvalue weighted by Gasteiger charge is 2.16. The molecule has 0 bridgehead atoms. The third-order valence-corrected chi connectivity index (χ3v) is 4.29. The van der Waals surface area contributed by atoms with E-state index in [9.17, 15) is 9.59 Å². The Hall–Kier alpha value is -2.86. The van der Waals surface area contributed by atoms with Crippen molar-refractivity contribution in [2.75, 3.05) is 25.1 Å². The van der Waals surface area contributed by atoms with E-state index in [0.29, 0.717) is 24.5 Å². The predicted octanol–water partition coefficient (Wildman–Crippen LogP) is 3.90. The highest BCUT2D eigenvalue weighted by molar-refractivity contribution is 6.04. The fraction of sp³-hybridized carbons (Fsp3) is 0.364. The van der Waals surface area contributed by atoms with E-state index in [4.69, 9.17) is 14.2 Å². The van der Waals surface area contributed by atoms with Crippen molar-refractivity contribution in [1.29, 1.82) is 0 Å². The summed E-state index contributed by atoms with van der Waals surface area (Å²) >= 11 is 0. The Kier molecular flexibility index (Phi) is 8.02. The van der Waals surface area contributed by atoms with E-state index in [1.807, 2.05) is 39.0 Å². The van der Waals surface area contributed by atoms with Crippen LogP contribution in [0, 0.1) is 13.8 Å². The van der Waals surface area contributed by atoms with Crippen LogP contribution in [0.2, 0.25) is 0 Å². The van der Waals surface area contributed by atoms with Crippen LogP contribution in [-0.2, 0) is 14.3 Å². The largest absolute Gasteiger partial charge is 0.479 e. The molecule has 28 heavy (non-hydrogen) atoms. The molecule has 0 saturated carbocycles. The summed E-state index contributed by atoms with van der Waals surface area (Å²) in [5.74, 6) is -0.183. The molecule has 1 N–H and O–H groups in total. The van der Waals surface area contributed by atoms with Crippen molar-refractivity contribution in [2.24, 2.45) is 0 Å². The van der Waals surface area contributed by atoms with Gasteiger partial charge in [-0.2, -0.15) is 0 Å². The van der Waals surface area contributed by atoms with Gasteiger partial charge in [0.05, 0.1) is 6.61 Å². The first-order chi connectivity index (χ1) is 13.4. The minimum atomic E-state index is -0.753. The van der Waals surface area contributed by atoms with Gasteiger partial charge in [0.2, 0.25) is 0 Å². The van der Waals surface area contributed by atoms with E-state index in [2.05, 4.69) is 5.32 Å². The van der Waals surface area contributed by atoms with E-state index in [1.54, 1.807) is 31.2 Å². The Morgan fingerprint density at radius 2 is 1.75 bits per heavy atom. The lowest BCUT2D eigenvalue weighted by Crippen LogP contribution is -2.27. The number of amides is 1. The number of hydrogen-bond acceptors (Lipinski definition) is 5. The molecule has 0 fully saturated rings. The molecule has 0 unspecified atom stereocenters. The van der Waals surface area contributed by atoms with E-state index in [-0.39, 0.29) is 12.5 Å². The Morgan fingerprint density at radius 3 is 2.43 bits per heavy atom. The highest BCUT2D eigenvalue weighted by Crippen LogP contribution is 2.20. The van der Waals surface area contributed by atoms with E-state index >= 15 is 0 Å². The first-order valence-corrected chi connectivity index (χ1v) is 9.31. The average Bonchev–Trinajstić information content (AvgIpc) is 2.69. The number of anilines is 1. The van der Waals surface area contributed by atoms with Crippen LogP contribution in [0.25, 0.3) is 0 Å². The minimum Gasteiger partial charge on any atom is -0.479 e. The van der Waals surface area contributed by atoms with E-state index < -0.39 is 12.1 Å². The first kappa shape index (κ1) is 21.4. The molecular formula is C22H27NO5. The minimum absolute atomic E-state index is 0.192. The van der Waals surface area contributed by atoms with Crippen LogP contribution >= 0.6 is 0 Å². The zero-order chi connectivity index (χ0) is 20.5. The summed E-state index contributed by atoms with van der Waals surface area (Å²) in [5.41, 5.74) is 3.44. The lowest BCUT2D eigenvalue weighted by atomic mass is 10.1. The van der Waals surface area contributed by atoms with Gasteiger partial charge in [0.15, 0.2) is 6.10 Å².